The molecule has 0 bridgehead atoms. The van der Waals surface area contributed by atoms with Gasteiger partial charge in [-0.1, -0.05) is 53.2 Å². The number of nitrogens with zero attached hydrogens (tertiary/aromatic N) is 3. The fourth-order valence-corrected chi connectivity index (χ4v) is 4.03. The first-order valence-corrected chi connectivity index (χ1v) is 10.6. The lowest BCUT2D eigenvalue weighted by atomic mass is 10.3. The average molecular weight is 433 g/mol. The van der Waals surface area contributed by atoms with Crippen LogP contribution in [-0.4, -0.2) is 25.9 Å². The maximum Gasteiger partial charge on any atom is 0.237 e. The van der Waals surface area contributed by atoms with Crippen LogP contribution in [0, 0.1) is 0 Å². The van der Waals surface area contributed by atoms with Crippen molar-refractivity contribution in [1.82, 2.24) is 14.8 Å². The minimum Gasteiger partial charge on any atom is -0.324 e. The van der Waals surface area contributed by atoms with Crippen molar-refractivity contribution in [3.63, 3.8) is 0 Å². The van der Waals surface area contributed by atoms with Gasteiger partial charge in [0.25, 0.3) is 0 Å². The molecular formula is C20H18Cl2N4OS. The van der Waals surface area contributed by atoms with Crippen molar-refractivity contribution in [2.45, 2.75) is 36.1 Å². The smallest absolute Gasteiger partial charge is 0.237 e. The number of halogens is 2. The van der Waals surface area contributed by atoms with Crippen molar-refractivity contribution >= 4 is 46.6 Å². The predicted molar refractivity (Wildman–Crippen MR) is 114 cm³/mol. The molecule has 1 saturated carbocycles. The van der Waals surface area contributed by atoms with Gasteiger partial charge in [0, 0.05) is 16.6 Å². The summed E-state index contributed by atoms with van der Waals surface area (Å²) in [5.74, 6) is 1.22. The molecule has 3 aromatic rings. The lowest BCUT2D eigenvalue weighted by molar-refractivity contribution is -0.115. The molecule has 8 heteroatoms. The monoisotopic (exact) mass is 432 g/mol. The standard InChI is InChI=1S/C20H18Cl2N4OS/c1-12(19(27)23-17-11-14(21)9-10-16(17)22)28-20-25-24-18(13-7-8-13)26(20)15-5-3-2-4-6-15/h2-6,9-13H,7-8H2,1H3,(H,23,27)/t12-/m0/s1. The number of nitrogens with one attached hydrogen (secondary N) is 1. The summed E-state index contributed by atoms with van der Waals surface area (Å²) in [4.78, 5) is 12.7. The zero-order valence-electron chi connectivity index (χ0n) is 15.1. The summed E-state index contributed by atoms with van der Waals surface area (Å²) >= 11 is 13.5. The lowest BCUT2D eigenvalue weighted by Gasteiger charge is -2.14. The van der Waals surface area contributed by atoms with Gasteiger partial charge in [0.05, 0.1) is 16.0 Å². The summed E-state index contributed by atoms with van der Waals surface area (Å²) in [5.41, 5.74) is 1.50. The van der Waals surface area contributed by atoms with Crippen LogP contribution in [0.2, 0.25) is 10.0 Å². The average Bonchev–Trinajstić information content (AvgIpc) is 3.46. The SMILES string of the molecule is C[C@H](Sc1nnc(C2CC2)n1-c1ccccc1)C(=O)Nc1cc(Cl)ccc1Cl. The maximum absolute atomic E-state index is 12.7. The Bertz CT molecular complexity index is 1000. The molecule has 4 rings (SSSR count). The van der Waals surface area contributed by atoms with Gasteiger partial charge in [-0.25, -0.2) is 0 Å². The maximum atomic E-state index is 12.7. The molecule has 2 aromatic carbocycles. The summed E-state index contributed by atoms with van der Waals surface area (Å²) < 4.78 is 2.05. The Kier molecular flexibility index (Phi) is 5.62. The Balaban J connectivity index is 1.55. The third-order valence-electron chi connectivity index (χ3n) is 4.45. The van der Waals surface area contributed by atoms with E-state index in [2.05, 4.69) is 20.1 Å². The first-order chi connectivity index (χ1) is 13.5. The van der Waals surface area contributed by atoms with Crippen LogP contribution in [0.4, 0.5) is 5.69 Å². The first kappa shape index (κ1) is 19.3. The van der Waals surface area contributed by atoms with Gasteiger partial charge in [-0.15, -0.1) is 10.2 Å². The van der Waals surface area contributed by atoms with E-state index < -0.39 is 5.25 Å². The number of thioether (sulfide) groups is 1. The van der Waals surface area contributed by atoms with Crippen LogP contribution in [0.25, 0.3) is 5.69 Å². The Morgan fingerprint density at radius 1 is 1.18 bits per heavy atom. The molecule has 144 valence electrons. The zero-order chi connectivity index (χ0) is 19.7. The summed E-state index contributed by atoms with van der Waals surface area (Å²) in [5, 5.41) is 12.9. The van der Waals surface area contributed by atoms with Gasteiger partial charge in [0.2, 0.25) is 5.91 Å². The number of hydrogen-bond donors (Lipinski definition) is 1. The van der Waals surface area contributed by atoms with Crippen LogP contribution in [0.5, 0.6) is 0 Å². The third-order valence-corrected chi connectivity index (χ3v) is 6.06. The van der Waals surface area contributed by atoms with Gasteiger partial charge in [0.1, 0.15) is 5.82 Å². The van der Waals surface area contributed by atoms with Gasteiger partial charge < -0.3 is 5.32 Å². The van der Waals surface area contributed by atoms with Gasteiger partial charge in [-0.3, -0.25) is 9.36 Å². The summed E-state index contributed by atoms with van der Waals surface area (Å²) in [6.07, 6.45) is 2.25. The number of carbonyl (C=O) groups is 1. The van der Waals surface area contributed by atoms with Crippen molar-refractivity contribution in [3.05, 3.63) is 64.4 Å². The van der Waals surface area contributed by atoms with Crippen LogP contribution < -0.4 is 5.32 Å². The molecule has 0 spiro atoms. The highest BCUT2D eigenvalue weighted by atomic mass is 35.5. The van der Waals surface area contributed by atoms with E-state index in [1.54, 1.807) is 18.2 Å². The van der Waals surface area contributed by atoms with E-state index in [-0.39, 0.29) is 5.91 Å². The quantitative estimate of drug-likeness (QED) is 0.517. The third kappa shape index (κ3) is 4.19. The number of rotatable bonds is 6. The van der Waals surface area contributed by atoms with Gasteiger partial charge in [-0.05, 0) is 50.1 Å². The summed E-state index contributed by atoms with van der Waals surface area (Å²) in [7, 11) is 0. The summed E-state index contributed by atoms with van der Waals surface area (Å²) in [6.45, 7) is 1.83. The molecule has 1 aliphatic carbocycles. The van der Waals surface area contributed by atoms with Crippen LogP contribution in [-0.2, 0) is 4.79 Å². The largest absolute Gasteiger partial charge is 0.324 e. The van der Waals surface area contributed by atoms with E-state index in [0.717, 1.165) is 24.4 Å². The number of aromatic nitrogens is 3. The van der Waals surface area contributed by atoms with E-state index >= 15 is 0 Å². The minimum atomic E-state index is -0.395. The van der Waals surface area contributed by atoms with Crippen LogP contribution in [0.15, 0.2) is 53.7 Å². The molecule has 1 aromatic heterocycles. The fraction of sp³-hybridized carbons (Fsp3) is 0.250. The number of anilines is 1. The fourth-order valence-electron chi connectivity index (χ4n) is 2.82. The second kappa shape index (κ2) is 8.15. The zero-order valence-corrected chi connectivity index (χ0v) is 17.4. The number of benzene rings is 2. The molecule has 1 fully saturated rings. The Morgan fingerprint density at radius 2 is 1.93 bits per heavy atom. The highest BCUT2D eigenvalue weighted by Gasteiger charge is 2.32. The molecule has 1 heterocycles. The Morgan fingerprint density at radius 3 is 2.64 bits per heavy atom. The molecule has 1 amide bonds. The summed E-state index contributed by atoms with van der Waals surface area (Å²) in [6, 6.07) is 15.0. The number of para-hydroxylation sites is 1. The van der Waals surface area contributed by atoms with E-state index in [4.69, 9.17) is 23.2 Å². The van der Waals surface area contributed by atoms with E-state index in [9.17, 15) is 4.79 Å². The molecule has 0 aliphatic heterocycles. The highest BCUT2D eigenvalue weighted by Crippen LogP contribution is 2.41. The van der Waals surface area contributed by atoms with Crippen LogP contribution >= 0.6 is 35.0 Å². The number of carbonyl (C=O) groups excluding carboxylic acids is 1. The molecule has 0 unspecified atom stereocenters. The molecular weight excluding hydrogens is 415 g/mol. The molecule has 0 saturated heterocycles. The number of hydrogen-bond acceptors (Lipinski definition) is 4. The van der Waals surface area contributed by atoms with E-state index in [1.165, 1.54) is 11.8 Å². The molecule has 0 radical (unpaired) electrons. The van der Waals surface area contributed by atoms with Gasteiger partial charge in [-0.2, -0.15) is 0 Å². The highest BCUT2D eigenvalue weighted by molar-refractivity contribution is 8.00. The molecule has 1 aliphatic rings. The normalized spacial score (nSPS) is 14.7. The molecule has 1 N–H and O–H groups in total. The molecule has 5 nitrogen and oxygen atoms in total. The minimum absolute atomic E-state index is 0.176. The lowest BCUT2D eigenvalue weighted by Crippen LogP contribution is -2.23. The van der Waals surface area contributed by atoms with E-state index in [0.29, 0.717) is 26.8 Å². The van der Waals surface area contributed by atoms with Crippen LogP contribution in [0.1, 0.15) is 31.5 Å². The van der Waals surface area contributed by atoms with Crippen molar-refractivity contribution in [1.29, 1.82) is 0 Å². The van der Waals surface area contributed by atoms with Gasteiger partial charge >= 0.3 is 0 Å². The molecule has 1 atom stereocenters. The predicted octanol–water partition coefficient (Wildman–Crippen LogP) is 5.57. The van der Waals surface area contributed by atoms with Gasteiger partial charge in [0.15, 0.2) is 5.16 Å². The molecule has 28 heavy (non-hydrogen) atoms. The second-order valence-corrected chi connectivity index (χ2v) is 8.81. The Hall–Kier alpha value is -2.02. The number of amides is 1. The topological polar surface area (TPSA) is 59.8 Å². The second-order valence-electron chi connectivity index (χ2n) is 6.66. The van der Waals surface area contributed by atoms with E-state index in [1.807, 2.05) is 37.3 Å². The van der Waals surface area contributed by atoms with Crippen LogP contribution in [0.3, 0.4) is 0 Å². The van der Waals surface area contributed by atoms with Crippen molar-refractivity contribution < 1.29 is 4.79 Å². The van der Waals surface area contributed by atoms with Crippen molar-refractivity contribution in [2.24, 2.45) is 0 Å². The first-order valence-electron chi connectivity index (χ1n) is 8.96. The Labute approximate surface area is 177 Å². The van der Waals surface area contributed by atoms with Crippen molar-refractivity contribution in [3.8, 4) is 5.69 Å². The van der Waals surface area contributed by atoms with Crippen molar-refractivity contribution in [2.75, 3.05) is 5.32 Å².